The smallest absolute Gasteiger partial charge is 0.317 e. The van der Waals surface area contributed by atoms with Crippen LogP contribution < -0.4 is 10.6 Å². The second-order valence-electron chi connectivity index (χ2n) is 5.65. The van der Waals surface area contributed by atoms with Gasteiger partial charge in [-0.05, 0) is 32.0 Å². The lowest BCUT2D eigenvalue weighted by Crippen LogP contribution is -2.55. The summed E-state index contributed by atoms with van der Waals surface area (Å²) in [7, 11) is 0. The second kappa shape index (κ2) is 8.55. The maximum Gasteiger partial charge on any atom is 0.317 e. The Morgan fingerprint density at radius 2 is 1.83 bits per heavy atom. The number of amides is 3. The Morgan fingerprint density at radius 1 is 1.17 bits per heavy atom. The predicted molar refractivity (Wildman–Crippen MR) is 96.8 cm³/mol. The van der Waals surface area contributed by atoms with E-state index >= 15 is 0 Å². The van der Waals surface area contributed by atoms with Gasteiger partial charge in [-0.25, -0.2) is 4.79 Å². The molecule has 2 N–H and O–H groups in total. The topological polar surface area (TPSA) is 64.7 Å². The molecule has 1 unspecified atom stereocenters. The van der Waals surface area contributed by atoms with Crippen LogP contribution in [0.3, 0.4) is 0 Å². The van der Waals surface area contributed by atoms with Gasteiger partial charge in [0.05, 0.1) is 16.1 Å². The van der Waals surface area contributed by atoms with Crippen molar-refractivity contribution in [2.24, 2.45) is 0 Å². The van der Waals surface area contributed by atoms with Crippen molar-refractivity contribution in [3.63, 3.8) is 0 Å². The summed E-state index contributed by atoms with van der Waals surface area (Å²) >= 11 is 11.8. The van der Waals surface area contributed by atoms with Crippen LogP contribution in [0, 0.1) is 0 Å². The third kappa shape index (κ3) is 4.75. The van der Waals surface area contributed by atoms with Crippen molar-refractivity contribution in [2.75, 3.05) is 38.0 Å². The Labute approximate surface area is 152 Å². The standard InChI is InChI=1S/C16H22Cl2N4O2/c1-3-19-16(24)22-8-6-21(7-9-22)11(2)15(23)20-12-4-5-13(17)14(18)10-12/h4-5,10-11H,3,6-9H2,1-2H3,(H,19,24)(H,20,23). The number of urea groups is 1. The molecule has 0 saturated carbocycles. The summed E-state index contributed by atoms with van der Waals surface area (Å²) in [5, 5.41) is 6.48. The Balaban J connectivity index is 1.87. The Kier molecular flexibility index (Phi) is 6.71. The van der Waals surface area contributed by atoms with Gasteiger partial charge >= 0.3 is 6.03 Å². The summed E-state index contributed by atoms with van der Waals surface area (Å²) in [6, 6.07) is 4.64. The van der Waals surface area contributed by atoms with Crippen LogP contribution in [-0.4, -0.2) is 60.5 Å². The molecule has 0 radical (unpaired) electrons. The number of piperazine rings is 1. The fourth-order valence-corrected chi connectivity index (χ4v) is 2.86. The lowest BCUT2D eigenvalue weighted by Gasteiger charge is -2.37. The van der Waals surface area contributed by atoms with E-state index in [0.29, 0.717) is 48.5 Å². The third-order valence-electron chi connectivity index (χ3n) is 4.04. The average molecular weight is 373 g/mol. The van der Waals surface area contributed by atoms with Crippen molar-refractivity contribution in [1.82, 2.24) is 15.1 Å². The fourth-order valence-electron chi connectivity index (χ4n) is 2.56. The zero-order valence-electron chi connectivity index (χ0n) is 13.8. The molecule has 6 nitrogen and oxygen atoms in total. The van der Waals surface area contributed by atoms with Gasteiger partial charge in [-0.2, -0.15) is 0 Å². The molecule has 1 aromatic rings. The van der Waals surface area contributed by atoms with E-state index in [2.05, 4.69) is 15.5 Å². The van der Waals surface area contributed by atoms with Crippen LogP contribution in [0.25, 0.3) is 0 Å². The number of carbonyl (C=O) groups is 2. The molecule has 0 bridgehead atoms. The number of nitrogens with one attached hydrogen (secondary N) is 2. The number of carbonyl (C=O) groups excluding carboxylic acids is 2. The molecule has 0 aliphatic carbocycles. The van der Waals surface area contributed by atoms with Gasteiger partial charge in [0.15, 0.2) is 0 Å². The SMILES string of the molecule is CCNC(=O)N1CCN(C(C)C(=O)Nc2ccc(Cl)c(Cl)c2)CC1. The maximum atomic E-state index is 12.4. The number of benzene rings is 1. The molecule has 3 amide bonds. The predicted octanol–water partition coefficient (Wildman–Crippen LogP) is 2.67. The van der Waals surface area contributed by atoms with Gasteiger partial charge in [0, 0.05) is 38.4 Å². The number of anilines is 1. The minimum Gasteiger partial charge on any atom is -0.338 e. The summed E-state index contributed by atoms with van der Waals surface area (Å²) in [4.78, 5) is 28.0. The van der Waals surface area contributed by atoms with Crippen molar-refractivity contribution in [1.29, 1.82) is 0 Å². The van der Waals surface area contributed by atoms with Gasteiger partial charge in [-0.3, -0.25) is 9.69 Å². The highest BCUT2D eigenvalue weighted by Gasteiger charge is 2.27. The quantitative estimate of drug-likeness (QED) is 0.853. The first-order chi connectivity index (χ1) is 11.4. The van der Waals surface area contributed by atoms with Crippen LogP contribution in [0.5, 0.6) is 0 Å². The van der Waals surface area contributed by atoms with Crippen molar-refractivity contribution < 1.29 is 9.59 Å². The molecule has 1 aliphatic heterocycles. The largest absolute Gasteiger partial charge is 0.338 e. The zero-order chi connectivity index (χ0) is 17.7. The van der Waals surface area contributed by atoms with E-state index in [-0.39, 0.29) is 18.0 Å². The molecule has 1 heterocycles. The molecule has 2 rings (SSSR count). The minimum absolute atomic E-state index is 0.0509. The van der Waals surface area contributed by atoms with Crippen molar-refractivity contribution in [2.45, 2.75) is 19.9 Å². The van der Waals surface area contributed by atoms with Crippen LogP contribution in [0.2, 0.25) is 10.0 Å². The van der Waals surface area contributed by atoms with Crippen molar-refractivity contribution >= 4 is 40.8 Å². The zero-order valence-corrected chi connectivity index (χ0v) is 15.3. The van der Waals surface area contributed by atoms with E-state index in [4.69, 9.17) is 23.2 Å². The number of halogens is 2. The number of hydrogen-bond donors (Lipinski definition) is 2. The molecular formula is C16H22Cl2N4O2. The Hall–Kier alpha value is -1.50. The van der Waals surface area contributed by atoms with Crippen LogP contribution in [-0.2, 0) is 4.79 Å². The van der Waals surface area contributed by atoms with Gasteiger partial charge in [-0.15, -0.1) is 0 Å². The molecule has 8 heteroatoms. The number of hydrogen-bond acceptors (Lipinski definition) is 3. The molecule has 1 fully saturated rings. The Morgan fingerprint density at radius 3 is 2.42 bits per heavy atom. The monoisotopic (exact) mass is 372 g/mol. The first kappa shape index (κ1) is 18.8. The van der Waals surface area contributed by atoms with Gasteiger partial charge in [0.25, 0.3) is 0 Å². The lowest BCUT2D eigenvalue weighted by atomic mass is 10.2. The summed E-state index contributed by atoms with van der Waals surface area (Å²) < 4.78 is 0. The highest BCUT2D eigenvalue weighted by atomic mass is 35.5. The van der Waals surface area contributed by atoms with Gasteiger partial charge in [0.2, 0.25) is 5.91 Å². The summed E-state index contributed by atoms with van der Waals surface area (Å²) in [5.41, 5.74) is 0.613. The highest BCUT2D eigenvalue weighted by Crippen LogP contribution is 2.25. The van der Waals surface area contributed by atoms with E-state index in [0.717, 1.165) is 0 Å². The first-order valence-corrected chi connectivity index (χ1v) is 8.70. The van der Waals surface area contributed by atoms with Crippen molar-refractivity contribution in [3.05, 3.63) is 28.2 Å². The molecule has 0 aromatic heterocycles. The van der Waals surface area contributed by atoms with Gasteiger partial charge in [-0.1, -0.05) is 23.2 Å². The molecule has 24 heavy (non-hydrogen) atoms. The van der Waals surface area contributed by atoms with E-state index in [9.17, 15) is 9.59 Å². The fraction of sp³-hybridized carbons (Fsp3) is 0.500. The lowest BCUT2D eigenvalue weighted by molar-refractivity contribution is -0.121. The maximum absolute atomic E-state index is 12.4. The van der Waals surface area contributed by atoms with E-state index in [1.165, 1.54) is 0 Å². The van der Waals surface area contributed by atoms with Crippen LogP contribution in [0.4, 0.5) is 10.5 Å². The third-order valence-corrected chi connectivity index (χ3v) is 4.78. The summed E-state index contributed by atoms with van der Waals surface area (Å²) in [5.74, 6) is -0.111. The highest BCUT2D eigenvalue weighted by molar-refractivity contribution is 6.42. The van der Waals surface area contributed by atoms with Crippen molar-refractivity contribution in [3.8, 4) is 0 Å². The average Bonchev–Trinajstić information content (AvgIpc) is 2.58. The van der Waals surface area contributed by atoms with E-state index in [1.54, 1.807) is 23.1 Å². The normalized spacial score (nSPS) is 16.6. The number of rotatable bonds is 4. The van der Waals surface area contributed by atoms with Gasteiger partial charge in [0.1, 0.15) is 0 Å². The molecule has 1 atom stereocenters. The first-order valence-electron chi connectivity index (χ1n) is 7.95. The molecule has 1 aliphatic rings. The number of nitrogens with zero attached hydrogens (tertiary/aromatic N) is 2. The second-order valence-corrected chi connectivity index (χ2v) is 6.47. The molecule has 1 aromatic carbocycles. The Bertz CT molecular complexity index is 604. The molecular weight excluding hydrogens is 351 g/mol. The van der Waals surface area contributed by atoms with Crippen LogP contribution >= 0.6 is 23.2 Å². The summed E-state index contributed by atoms with van der Waals surface area (Å²) in [6.45, 7) is 6.90. The molecule has 132 valence electrons. The van der Waals surface area contributed by atoms with Crippen LogP contribution in [0.1, 0.15) is 13.8 Å². The van der Waals surface area contributed by atoms with E-state index in [1.807, 2.05) is 13.8 Å². The molecule has 1 saturated heterocycles. The van der Waals surface area contributed by atoms with Gasteiger partial charge < -0.3 is 15.5 Å². The molecule has 0 spiro atoms. The minimum atomic E-state index is -0.296. The van der Waals surface area contributed by atoms with E-state index < -0.39 is 0 Å². The van der Waals surface area contributed by atoms with Crippen LogP contribution in [0.15, 0.2) is 18.2 Å². The summed E-state index contributed by atoms with van der Waals surface area (Å²) in [6.07, 6.45) is 0.